The standard InChI is InChI=1S/C17H23FN2O4S/c1-24-13-12-19-10-2-8-17(16(19)21)9-3-11-20(17)25(22,23)15-6-4-14(18)5-7-15/h4-7H,2-3,8-13H2,1H3. The summed E-state index contributed by atoms with van der Waals surface area (Å²) in [6.07, 6.45) is 2.45. The monoisotopic (exact) mass is 370 g/mol. The van der Waals surface area contributed by atoms with Crippen LogP contribution < -0.4 is 0 Å². The molecule has 2 saturated heterocycles. The van der Waals surface area contributed by atoms with E-state index in [1.807, 2.05) is 0 Å². The minimum Gasteiger partial charge on any atom is -0.383 e. The van der Waals surface area contributed by atoms with Crippen molar-refractivity contribution in [1.82, 2.24) is 9.21 Å². The van der Waals surface area contributed by atoms with Gasteiger partial charge in [-0.15, -0.1) is 0 Å². The molecule has 2 aliphatic heterocycles. The zero-order valence-corrected chi connectivity index (χ0v) is 15.1. The summed E-state index contributed by atoms with van der Waals surface area (Å²) in [6.45, 7) is 1.81. The van der Waals surface area contributed by atoms with E-state index >= 15 is 0 Å². The first-order valence-corrected chi connectivity index (χ1v) is 9.92. The highest BCUT2D eigenvalue weighted by molar-refractivity contribution is 7.89. The number of methoxy groups -OCH3 is 1. The third-order valence-electron chi connectivity index (χ3n) is 5.10. The quantitative estimate of drug-likeness (QED) is 0.790. The molecule has 1 spiro atoms. The third kappa shape index (κ3) is 3.18. The number of halogens is 1. The van der Waals surface area contributed by atoms with Crippen molar-refractivity contribution in [3.63, 3.8) is 0 Å². The molecule has 1 aromatic carbocycles. The molecule has 2 fully saturated rings. The lowest BCUT2D eigenvalue weighted by Gasteiger charge is -2.43. The number of ether oxygens (including phenoxy) is 1. The Morgan fingerprint density at radius 2 is 1.80 bits per heavy atom. The lowest BCUT2D eigenvalue weighted by Crippen LogP contribution is -2.61. The summed E-state index contributed by atoms with van der Waals surface area (Å²) in [5.74, 6) is -0.631. The Bertz CT molecular complexity index is 738. The number of carbonyl (C=O) groups excluding carboxylic acids is 1. The summed E-state index contributed by atoms with van der Waals surface area (Å²) in [4.78, 5) is 14.8. The van der Waals surface area contributed by atoms with E-state index in [0.29, 0.717) is 45.5 Å². The minimum atomic E-state index is -3.85. The van der Waals surface area contributed by atoms with E-state index in [4.69, 9.17) is 4.74 Å². The number of piperidine rings is 1. The average molecular weight is 370 g/mol. The van der Waals surface area contributed by atoms with E-state index in [0.717, 1.165) is 18.6 Å². The molecule has 0 aromatic heterocycles. The van der Waals surface area contributed by atoms with Crippen molar-refractivity contribution in [2.45, 2.75) is 36.1 Å². The highest BCUT2D eigenvalue weighted by Crippen LogP contribution is 2.41. The Morgan fingerprint density at radius 3 is 2.44 bits per heavy atom. The average Bonchev–Trinajstić information content (AvgIpc) is 3.02. The van der Waals surface area contributed by atoms with Gasteiger partial charge in [0.15, 0.2) is 0 Å². The molecule has 0 saturated carbocycles. The Balaban J connectivity index is 1.93. The predicted octanol–water partition coefficient (Wildman–Crippen LogP) is 1.62. The Morgan fingerprint density at radius 1 is 1.16 bits per heavy atom. The number of rotatable bonds is 5. The maximum absolute atomic E-state index is 13.2. The van der Waals surface area contributed by atoms with Crippen molar-refractivity contribution < 1.29 is 22.3 Å². The van der Waals surface area contributed by atoms with Gasteiger partial charge in [0.2, 0.25) is 15.9 Å². The number of benzene rings is 1. The van der Waals surface area contributed by atoms with E-state index in [-0.39, 0.29) is 10.8 Å². The molecule has 0 radical (unpaired) electrons. The first kappa shape index (κ1) is 18.3. The first-order valence-electron chi connectivity index (χ1n) is 8.48. The number of sulfonamides is 1. The van der Waals surface area contributed by atoms with Crippen molar-refractivity contribution in [1.29, 1.82) is 0 Å². The summed E-state index contributed by atoms with van der Waals surface area (Å²) in [7, 11) is -2.28. The van der Waals surface area contributed by atoms with E-state index in [1.54, 1.807) is 12.0 Å². The Kier molecular flexibility index (Phi) is 5.13. The molecule has 0 aliphatic carbocycles. The van der Waals surface area contributed by atoms with Crippen molar-refractivity contribution in [3.8, 4) is 0 Å². The zero-order valence-electron chi connectivity index (χ0n) is 14.3. The van der Waals surface area contributed by atoms with E-state index in [1.165, 1.54) is 16.4 Å². The van der Waals surface area contributed by atoms with Crippen LogP contribution >= 0.6 is 0 Å². The summed E-state index contributed by atoms with van der Waals surface area (Å²) in [5, 5.41) is 0. The fraction of sp³-hybridized carbons (Fsp3) is 0.588. The molecule has 2 heterocycles. The van der Waals surface area contributed by atoms with Gasteiger partial charge >= 0.3 is 0 Å². The van der Waals surface area contributed by atoms with Crippen LogP contribution in [-0.2, 0) is 19.6 Å². The number of hydrogen-bond donors (Lipinski definition) is 0. The molecule has 2 aliphatic rings. The van der Waals surface area contributed by atoms with Gasteiger partial charge in [0.1, 0.15) is 11.4 Å². The molecule has 1 unspecified atom stereocenters. The number of hydrogen-bond acceptors (Lipinski definition) is 4. The highest BCUT2D eigenvalue weighted by atomic mass is 32.2. The van der Waals surface area contributed by atoms with Gasteiger partial charge in [-0.3, -0.25) is 4.79 Å². The van der Waals surface area contributed by atoms with Gasteiger partial charge in [-0.2, -0.15) is 4.31 Å². The van der Waals surface area contributed by atoms with Gasteiger partial charge in [0.05, 0.1) is 11.5 Å². The summed E-state index contributed by atoms with van der Waals surface area (Å²) < 4.78 is 45.7. The normalized spacial score (nSPS) is 25.0. The Labute approximate surface area is 147 Å². The van der Waals surface area contributed by atoms with Crippen LogP contribution in [0.15, 0.2) is 29.2 Å². The van der Waals surface area contributed by atoms with Gasteiger partial charge < -0.3 is 9.64 Å². The number of carbonyl (C=O) groups is 1. The fourth-order valence-electron chi connectivity index (χ4n) is 3.88. The fourth-order valence-corrected chi connectivity index (χ4v) is 5.71. The molecular formula is C17H23FN2O4S. The molecular weight excluding hydrogens is 347 g/mol. The van der Waals surface area contributed by atoms with Crippen LogP contribution in [0.3, 0.4) is 0 Å². The van der Waals surface area contributed by atoms with Crippen LogP contribution in [0.2, 0.25) is 0 Å². The number of likely N-dealkylation sites (tertiary alicyclic amines) is 1. The van der Waals surface area contributed by atoms with Crippen LogP contribution in [0.5, 0.6) is 0 Å². The topological polar surface area (TPSA) is 66.9 Å². The van der Waals surface area contributed by atoms with Crippen LogP contribution in [-0.4, -0.2) is 62.4 Å². The van der Waals surface area contributed by atoms with E-state index in [9.17, 15) is 17.6 Å². The molecule has 8 heteroatoms. The highest BCUT2D eigenvalue weighted by Gasteiger charge is 2.55. The Hall–Kier alpha value is -1.51. The first-order chi connectivity index (χ1) is 11.9. The second-order valence-electron chi connectivity index (χ2n) is 6.55. The van der Waals surface area contributed by atoms with Gasteiger partial charge in [0, 0.05) is 26.7 Å². The summed E-state index contributed by atoms with van der Waals surface area (Å²) in [6, 6.07) is 4.77. The number of amides is 1. The SMILES string of the molecule is COCCN1CCCC2(CCCN2S(=O)(=O)c2ccc(F)cc2)C1=O. The molecule has 0 N–H and O–H groups in total. The maximum Gasteiger partial charge on any atom is 0.244 e. The zero-order chi connectivity index (χ0) is 18.1. The van der Waals surface area contributed by atoms with Crippen LogP contribution in [0.4, 0.5) is 4.39 Å². The minimum absolute atomic E-state index is 0.0250. The predicted molar refractivity (Wildman–Crippen MR) is 89.9 cm³/mol. The second-order valence-corrected chi connectivity index (χ2v) is 8.42. The largest absolute Gasteiger partial charge is 0.383 e. The molecule has 3 rings (SSSR count). The second kappa shape index (κ2) is 7.01. The lowest BCUT2D eigenvalue weighted by molar-refractivity contribution is -0.145. The van der Waals surface area contributed by atoms with Crippen molar-refractivity contribution in [3.05, 3.63) is 30.1 Å². The van der Waals surface area contributed by atoms with E-state index < -0.39 is 21.4 Å². The lowest BCUT2D eigenvalue weighted by atomic mass is 9.86. The molecule has 6 nitrogen and oxygen atoms in total. The van der Waals surface area contributed by atoms with Gasteiger partial charge in [-0.25, -0.2) is 12.8 Å². The number of nitrogens with zero attached hydrogens (tertiary/aromatic N) is 2. The molecule has 1 amide bonds. The van der Waals surface area contributed by atoms with Gasteiger partial charge in [-0.05, 0) is 49.9 Å². The molecule has 138 valence electrons. The van der Waals surface area contributed by atoms with Crippen LogP contribution in [0, 0.1) is 5.82 Å². The maximum atomic E-state index is 13.2. The molecule has 0 bridgehead atoms. The van der Waals surface area contributed by atoms with Crippen molar-refractivity contribution >= 4 is 15.9 Å². The van der Waals surface area contributed by atoms with Gasteiger partial charge in [0.25, 0.3) is 0 Å². The van der Waals surface area contributed by atoms with Gasteiger partial charge in [-0.1, -0.05) is 0 Å². The summed E-state index contributed by atoms with van der Waals surface area (Å²) >= 11 is 0. The third-order valence-corrected chi connectivity index (χ3v) is 7.08. The van der Waals surface area contributed by atoms with Crippen LogP contribution in [0.1, 0.15) is 25.7 Å². The van der Waals surface area contributed by atoms with E-state index in [2.05, 4.69) is 0 Å². The molecule has 25 heavy (non-hydrogen) atoms. The van der Waals surface area contributed by atoms with Crippen molar-refractivity contribution in [2.24, 2.45) is 0 Å². The molecule has 1 atom stereocenters. The smallest absolute Gasteiger partial charge is 0.244 e. The molecule has 1 aromatic rings. The van der Waals surface area contributed by atoms with Crippen LogP contribution in [0.25, 0.3) is 0 Å². The summed E-state index contributed by atoms with van der Waals surface area (Å²) in [5.41, 5.74) is -1.01. The van der Waals surface area contributed by atoms with Crippen molar-refractivity contribution in [2.75, 3.05) is 33.4 Å².